The minimum absolute atomic E-state index is 0.0702. The van der Waals surface area contributed by atoms with Gasteiger partial charge in [-0.2, -0.15) is 0 Å². The van der Waals surface area contributed by atoms with Crippen molar-refractivity contribution in [2.45, 2.75) is 12.5 Å². The number of aliphatic carboxylic acids is 1. The Bertz CT molecular complexity index is 220. The van der Waals surface area contributed by atoms with Crippen LogP contribution in [0, 0.1) is 0 Å². The highest BCUT2D eigenvalue weighted by molar-refractivity contribution is 7.80. The lowest BCUT2D eigenvalue weighted by Gasteiger charge is -2.19. The molecule has 0 aromatic rings. The van der Waals surface area contributed by atoms with E-state index in [-0.39, 0.29) is 12.6 Å². The minimum atomic E-state index is -0.800. The van der Waals surface area contributed by atoms with Crippen LogP contribution in [0.4, 0.5) is 0 Å². The minimum Gasteiger partial charge on any atom is -0.480 e. The SMILES string of the molecule is CN(CC(=O)O)CC1NCCC1=S. The average Bonchev–Trinajstić information content (AvgIpc) is 2.34. The number of hydrogen-bond donors (Lipinski definition) is 2. The molecule has 0 aromatic carbocycles. The molecule has 0 spiro atoms. The molecular weight excluding hydrogens is 188 g/mol. The van der Waals surface area contributed by atoms with Crippen LogP contribution in [0.25, 0.3) is 0 Å². The maximum Gasteiger partial charge on any atom is 0.317 e. The van der Waals surface area contributed by atoms with Crippen LogP contribution in [-0.4, -0.2) is 53.6 Å². The van der Waals surface area contributed by atoms with Gasteiger partial charge in [-0.05, 0) is 13.5 Å². The van der Waals surface area contributed by atoms with E-state index in [4.69, 9.17) is 17.3 Å². The van der Waals surface area contributed by atoms with Crippen molar-refractivity contribution in [3.63, 3.8) is 0 Å². The summed E-state index contributed by atoms with van der Waals surface area (Å²) in [6.07, 6.45) is 0.931. The molecule has 0 aliphatic carbocycles. The van der Waals surface area contributed by atoms with Crippen molar-refractivity contribution in [1.29, 1.82) is 0 Å². The van der Waals surface area contributed by atoms with E-state index in [1.165, 1.54) is 0 Å². The number of nitrogens with zero attached hydrogens (tertiary/aromatic N) is 1. The molecule has 1 atom stereocenters. The Morgan fingerprint density at radius 2 is 2.54 bits per heavy atom. The largest absolute Gasteiger partial charge is 0.480 e. The lowest BCUT2D eigenvalue weighted by molar-refractivity contribution is -0.137. The highest BCUT2D eigenvalue weighted by Crippen LogP contribution is 2.04. The Morgan fingerprint density at radius 3 is 3.00 bits per heavy atom. The van der Waals surface area contributed by atoms with Crippen LogP contribution in [0.15, 0.2) is 0 Å². The molecule has 0 radical (unpaired) electrons. The van der Waals surface area contributed by atoms with E-state index in [0.717, 1.165) is 17.8 Å². The molecule has 4 nitrogen and oxygen atoms in total. The molecule has 0 saturated carbocycles. The van der Waals surface area contributed by atoms with E-state index >= 15 is 0 Å². The molecule has 1 aliphatic rings. The second kappa shape index (κ2) is 4.64. The van der Waals surface area contributed by atoms with Crippen molar-refractivity contribution in [3.05, 3.63) is 0 Å². The zero-order valence-corrected chi connectivity index (χ0v) is 8.43. The van der Waals surface area contributed by atoms with Crippen molar-refractivity contribution in [3.8, 4) is 0 Å². The van der Waals surface area contributed by atoms with Gasteiger partial charge in [0, 0.05) is 18.0 Å². The van der Waals surface area contributed by atoms with Crippen molar-refractivity contribution in [2.24, 2.45) is 0 Å². The van der Waals surface area contributed by atoms with Gasteiger partial charge in [-0.15, -0.1) is 0 Å². The fraction of sp³-hybridized carbons (Fsp3) is 0.750. The van der Waals surface area contributed by atoms with Crippen LogP contribution in [-0.2, 0) is 4.79 Å². The summed E-state index contributed by atoms with van der Waals surface area (Å²) in [5.74, 6) is -0.800. The van der Waals surface area contributed by atoms with Crippen molar-refractivity contribution < 1.29 is 9.90 Å². The summed E-state index contributed by atoms with van der Waals surface area (Å²) in [7, 11) is 1.79. The third-order valence-corrected chi connectivity index (χ3v) is 2.54. The first-order valence-electron chi connectivity index (χ1n) is 4.26. The molecule has 1 rings (SSSR count). The maximum atomic E-state index is 10.4. The van der Waals surface area contributed by atoms with Gasteiger partial charge >= 0.3 is 5.97 Å². The molecule has 1 aliphatic heterocycles. The molecule has 13 heavy (non-hydrogen) atoms. The molecule has 1 saturated heterocycles. The van der Waals surface area contributed by atoms with Crippen LogP contribution in [0.3, 0.4) is 0 Å². The van der Waals surface area contributed by atoms with Crippen LogP contribution >= 0.6 is 12.2 Å². The summed E-state index contributed by atoms with van der Waals surface area (Å²) in [6, 6.07) is 0.194. The highest BCUT2D eigenvalue weighted by Gasteiger charge is 2.21. The average molecular weight is 202 g/mol. The molecule has 0 aromatic heterocycles. The summed E-state index contributed by atoms with van der Waals surface area (Å²) >= 11 is 5.14. The molecule has 0 bridgehead atoms. The quantitative estimate of drug-likeness (QED) is 0.615. The molecule has 1 fully saturated rings. The van der Waals surface area contributed by atoms with Crippen LogP contribution in [0.5, 0.6) is 0 Å². The lowest BCUT2D eigenvalue weighted by atomic mass is 10.2. The maximum absolute atomic E-state index is 10.4. The van der Waals surface area contributed by atoms with E-state index < -0.39 is 5.97 Å². The normalized spacial score (nSPS) is 22.6. The zero-order valence-electron chi connectivity index (χ0n) is 7.62. The number of likely N-dealkylation sites (N-methyl/N-ethyl adjacent to an activating group) is 1. The Kier molecular flexibility index (Phi) is 3.77. The summed E-state index contributed by atoms with van der Waals surface area (Å²) < 4.78 is 0. The van der Waals surface area contributed by atoms with Gasteiger partial charge in [0.1, 0.15) is 0 Å². The smallest absolute Gasteiger partial charge is 0.317 e. The van der Waals surface area contributed by atoms with Crippen LogP contribution in [0.2, 0.25) is 0 Å². The lowest BCUT2D eigenvalue weighted by Crippen LogP contribution is -2.40. The number of thiocarbonyl (C=S) groups is 1. The van der Waals surface area contributed by atoms with Gasteiger partial charge in [-0.25, -0.2) is 0 Å². The Hall–Kier alpha value is -0.520. The summed E-state index contributed by atoms with van der Waals surface area (Å²) in [5.41, 5.74) is 0. The molecular formula is C8H14N2O2S. The number of hydrogen-bond acceptors (Lipinski definition) is 4. The molecule has 2 N–H and O–H groups in total. The molecule has 74 valence electrons. The first kappa shape index (κ1) is 10.6. The third kappa shape index (κ3) is 3.38. The number of nitrogens with one attached hydrogen (secondary N) is 1. The third-order valence-electron chi connectivity index (χ3n) is 2.05. The van der Waals surface area contributed by atoms with Gasteiger partial charge in [-0.3, -0.25) is 9.69 Å². The zero-order chi connectivity index (χ0) is 9.84. The standard InChI is InChI=1S/C8H14N2O2S/c1-10(5-8(11)12)4-6-7(13)2-3-9-6/h6,9H,2-5H2,1H3,(H,11,12). The second-order valence-electron chi connectivity index (χ2n) is 3.31. The van der Waals surface area contributed by atoms with Crippen molar-refractivity contribution in [1.82, 2.24) is 10.2 Å². The van der Waals surface area contributed by atoms with Crippen molar-refractivity contribution in [2.75, 3.05) is 26.7 Å². The Morgan fingerprint density at radius 1 is 1.85 bits per heavy atom. The first-order chi connectivity index (χ1) is 6.09. The van der Waals surface area contributed by atoms with Gasteiger partial charge in [0.05, 0.1) is 12.6 Å². The van der Waals surface area contributed by atoms with Gasteiger partial charge in [0.15, 0.2) is 0 Å². The molecule has 1 heterocycles. The number of carboxylic acid groups (broad SMARTS) is 1. The van der Waals surface area contributed by atoms with E-state index in [2.05, 4.69) is 5.32 Å². The van der Waals surface area contributed by atoms with Crippen LogP contribution < -0.4 is 5.32 Å². The van der Waals surface area contributed by atoms with E-state index in [0.29, 0.717) is 6.54 Å². The number of rotatable bonds is 4. The Labute approximate surface area is 82.9 Å². The Balaban J connectivity index is 2.30. The number of carboxylic acids is 1. The van der Waals surface area contributed by atoms with Gasteiger partial charge < -0.3 is 10.4 Å². The second-order valence-corrected chi connectivity index (χ2v) is 3.84. The molecule has 0 amide bonds. The summed E-state index contributed by atoms with van der Waals surface area (Å²) in [6.45, 7) is 1.68. The predicted octanol–water partition coefficient (Wildman–Crippen LogP) is -0.265. The van der Waals surface area contributed by atoms with Crippen LogP contribution in [0.1, 0.15) is 6.42 Å². The molecule has 1 unspecified atom stereocenters. The fourth-order valence-corrected chi connectivity index (χ4v) is 1.69. The van der Waals surface area contributed by atoms with Gasteiger partial charge in [0.25, 0.3) is 0 Å². The van der Waals surface area contributed by atoms with E-state index in [1.807, 2.05) is 0 Å². The number of carbonyl (C=O) groups is 1. The summed E-state index contributed by atoms with van der Waals surface area (Å²) in [4.78, 5) is 13.1. The first-order valence-corrected chi connectivity index (χ1v) is 4.67. The summed E-state index contributed by atoms with van der Waals surface area (Å²) in [5, 5.41) is 11.8. The van der Waals surface area contributed by atoms with Gasteiger partial charge in [-0.1, -0.05) is 12.2 Å². The fourth-order valence-electron chi connectivity index (χ4n) is 1.43. The topological polar surface area (TPSA) is 52.6 Å². The van der Waals surface area contributed by atoms with E-state index in [1.54, 1.807) is 11.9 Å². The monoisotopic (exact) mass is 202 g/mol. The molecule has 5 heteroatoms. The van der Waals surface area contributed by atoms with Gasteiger partial charge in [0.2, 0.25) is 0 Å². The highest BCUT2D eigenvalue weighted by atomic mass is 32.1. The predicted molar refractivity (Wildman–Crippen MR) is 54.1 cm³/mol. The van der Waals surface area contributed by atoms with E-state index in [9.17, 15) is 4.79 Å². The van der Waals surface area contributed by atoms with Crippen molar-refractivity contribution >= 4 is 23.1 Å².